The average molecular weight is 624 g/mol. The van der Waals surface area contributed by atoms with Gasteiger partial charge in [-0.1, -0.05) is 31.2 Å². The Morgan fingerprint density at radius 1 is 0.889 bits per heavy atom. The second kappa shape index (κ2) is 9.29. The minimum absolute atomic E-state index is 0.120. The van der Waals surface area contributed by atoms with Crippen molar-refractivity contribution in [3.8, 4) is 11.5 Å². The molecule has 0 aliphatic carbocycles. The van der Waals surface area contributed by atoms with Gasteiger partial charge in [-0.05, 0) is 106 Å². The molecule has 0 heterocycles. The Morgan fingerprint density at radius 2 is 1.33 bits per heavy atom. The van der Waals surface area contributed by atoms with E-state index in [0.717, 1.165) is 32.9 Å². The zero-order chi connectivity index (χ0) is 20.4. The van der Waals surface area contributed by atoms with Crippen LogP contribution >= 0.6 is 63.7 Å². The lowest BCUT2D eigenvalue weighted by Crippen LogP contribution is -2.34. The van der Waals surface area contributed by atoms with Crippen LogP contribution in [0.3, 0.4) is 0 Å². The molecule has 144 valence electrons. The van der Waals surface area contributed by atoms with E-state index in [9.17, 15) is 10.2 Å². The molecule has 1 atom stereocenters. The van der Waals surface area contributed by atoms with Gasteiger partial charge < -0.3 is 10.2 Å². The normalized spacial score (nSPS) is 13.4. The average Bonchev–Trinajstić information content (AvgIpc) is 2.65. The monoisotopic (exact) mass is 620 g/mol. The fraction of sp³-hybridized carbons (Fsp3) is 0.238. The summed E-state index contributed by atoms with van der Waals surface area (Å²) >= 11 is 14.3. The largest absolute Gasteiger partial charge is 0.508 e. The molecule has 0 bridgehead atoms. The molecule has 0 aliphatic rings. The summed E-state index contributed by atoms with van der Waals surface area (Å²) < 4.78 is 2.69. The molecule has 2 aromatic carbocycles. The maximum atomic E-state index is 10.4. The van der Waals surface area contributed by atoms with Crippen LogP contribution in [0.1, 0.15) is 30.9 Å². The van der Waals surface area contributed by atoms with Crippen molar-refractivity contribution in [2.24, 2.45) is 5.92 Å². The van der Waals surface area contributed by atoms with Crippen molar-refractivity contribution in [3.05, 3.63) is 78.6 Å². The number of benzene rings is 2. The van der Waals surface area contributed by atoms with Gasteiger partial charge in [0.2, 0.25) is 0 Å². The maximum Gasteiger partial charge on any atom is 0.146 e. The lowest BCUT2D eigenvalue weighted by molar-refractivity contribution is 0.346. The van der Waals surface area contributed by atoms with Crippen molar-refractivity contribution in [3.63, 3.8) is 0 Å². The molecule has 0 amide bonds. The SMILES string of the molecule is C=CCC(CC=C)C(C)(c1ccc(O)cc1)c1c(Br)c(Br)c(O)c(Br)c1Br. The summed E-state index contributed by atoms with van der Waals surface area (Å²) in [5, 5.41) is 20.2. The number of phenols is 2. The van der Waals surface area contributed by atoms with Crippen LogP contribution < -0.4 is 0 Å². The van der Waals surface area contributed by atoms with E-state index >= 15 is 0 Å². The number of phenolic OH excluding ortho intramolecular Hbond substituents is 2. The number of hydrogen-bond donors (Lipinski definition) is 2. The molecular formula is C21H20Br4O2. The highest BCUT2D eigenvalue weighted by Gasteiger charge is 2.41. The fourth-order valence-corrected chi connectivity index (χ4v) is 6.36. The molecule has 6 heteroatoms. The third-order valence-electron chi connectivity index (χ3n) is 4.95. The van der Waals surface area contributed by atoms with E-state index in [0.29, 0.717) is 8.95 Å². The second-order valence-electron chi connectivity index (χ2n) is 6.47. The van der Waals surface area contributed by atoms with Crippen LogP contribution in [0, 0.1) is 5.92 Å². The van der Waals surface area contributed by atoms with E-state index in [1.165, 1.54) is 0 Å². The van der Waals surface area contributed by atoms with E-state index in [1.54, 1.807) is 12.1 Å². The first-order valence-electron chi connectivity index (χ1n) is 8.26. The minimum atomic E-state index is -0.466. The molecule has 0 saturated heterocycles. The molecule has 2 N–H and O–H groups in total. The molecule has 0 fully saturated rings. The standard InChI is InChI=1S/C21H20Br4O2/c1-4-6-12(7-5-2)21(3,13-8-10-14(26)11-9-13)15-16(22)18(24)20(27)19(25)17(15)23/h4-5,8-12,26-27H,1-2,6-7H2,3H3. The van der Waals surface area contributed by atoms with E-state index in [-0.39, 0.29) is 17.4 Å². The van der Waals surface area contributed by atoms with Crippen LogP contribution in [0.15, 0.2) is 67.5 Å². The highest BCUT2D eigenvalue weighted by molar-refractivity contribution is 9.14. The number of aromatic hydroxyl groups is 2. The van der Waals surface area contributed by atoms with Crippen molar-refractivity contribution >= 4 is 63.7 Å². The Morgan fingerprint density at radius 3 is 1.74 bits per heavy atom. The van der Waals surface area contributed by atoms with Crippen molar-refractivity contribution in [1.82, 2.24) is 0 Å². The van der Waals surface area contributed by atoms with Gasteiger partial charge in [0, 0.05) is 14.4 Å². The molecule has 0 aliphatic heterocycles. The molecule has 2 aromatic rings. The van der Waals surface area contributed by atoms with Gasteiger partial charge >= 0.3 is 0 Å². The van der Waals surface area contributed by atoms with Crippen LogP contribution in [0.5, 0.6) is 11.5 Å². The van der Waals surface area contributed by atoms with Gasteiger partial charge in [-0.3, -0.25) is 0 Å². The van der Waals surface area contributed by atoms with E-state index in [4.69, 9.17) is 0 Å². The second-order valence-corrected chi connectivity index (χ2v) is 9.65. The Bertz CT molecular complexity index is 822. The zero-order valence-electron chi connectivity index (χ0n) is 14.8. The quantitative estimate of drug-likeness (QED) is 0.241. The van der Waals surface area contributed by atoms with Gasteiger partial charge in [0.25, 0.3) is 0 Å². The first kappa shape index (κ1) is 22.7. The number of rotatable bonds is 7. The molecule has 27 heavy (non-hydrogen) atoms. The fourth-order valence-electron chi connectivity index (χ4n) is 3.44. The van der Waals surface area contributed by atoms with Crippen LogP contribution in [0.2, 0.25) is 0 Å². The number of halogens is 4. The van der Waals surface area contributed by atoms with Crippen molar-refractivity contribution in [2.45, 2.75) is 25.2 Å². The van der Waals surface area contributed by atoms with E-state index in [2.05, 4.69) is 83.8 Å². The number of hydrogen-bond acceptors (Lipinski definition) is 2. The van der Waals surface area contributed by atoms with Crippen LogP contribution in [-0.4, -0.2) is 10.2 Å². The van der Waals surface area contributed by atoms with Crippen molar-refractivity contribution < 1.29 is 10.2 Å². The molecule has 0 aromatic heterocycles. The predicted molar refractivity (Wildman–Crippen MR) is 127 cm³/mol. The van der Waals surface area contributed by atoms with Gasteiger partial charge in [-0.2, -0.15) is 0 Å². The summed E-state index contributed by atoms with van der Waals surface area (Å²) in [7, 11) is 0. The minimum Gasteiger partial charge on any atom is -0.508 e. The van der Waals surface area contributed by atoms with E-state index in [1.807, 2.05) is 24.3 Å². The smallest absolute Gasteiger partial charge is 0.146 e. The molecule has 2 rings (SSSR count). The Kier molecular flexibility index (Phi) is 7.82. The predicted octanol–water partition coefficient (Wildman–Crippen LogP) is 8.22. The first-order valence-corrected chi connectivity index (χ1v) is 11.4. The Labute approximate surface area is 193 Å². The summed E-state index contributed by atoms with van der Waals surface area (Å²) in [5.41, 5.74) is 1.56. The van der Waals surface area contributed by atoms with Crippen LogP contribution in [0.4, 0.5) is 0 Å². The van der Waals surface area contributed by atoms with Gasteiger partial charge in [0.05, 0.1) is 8.95 Å². The topological polar surface area (TPSA) is 40.5 Å². The summed E-state index contributed by atoms with van der Waals surface area (Å²) in [4.78, 5) is 0. The summed E-state index contributed by atoms with van der Waals surface area (Å²) in [5.74, 6) is 0.499. The Balaban J connectivity index is 2.91. The highest BCUT2D eigenvalue weighted by Crippen LogP contribution is 2.54. The van der Waals surface area contributed by atoms with Crippen LogP contribution in [-0.2, 0) is 5.41 Å². The summed E-state index contributed by atoms with van der Waals surface area (Å²) in [6, 6.07) is 7.25. The molecule has 0 spiro atoms. The third kappa shape index (κ3) is 4.24. The van der Waals surface area contributed by atoms with Gasteiger partial charge in [-0.15, -0.1) is 13.2 Å². The van der Waals surface area contributed by atoms with Crippen molar-refractivity contribution in [2.75, 3.05) is 0 Å². The molecule has 2 nitrogen and oxygen atoms in total. The lowest BCUT2D eigenvalue weighted by Gasteiger charge is -2.40. The summed E-state index contributed by atoms with van der Waals surface area (Å²) in [6.45, 7) is 10.0. The molecule has 0 radical (unpaired) electrons. The van der Waals surface area contributed by atoms with Crippen molar-refractivity contribution in [1.29, 1.82) is 0 Å². The maximum absolute atomic E-state index is 10.4. The molecule has 0 saturated carbocycles. The first-order chi connectivity index (χ1) is 12.7. The summed E-state index contributed by atoms with van der Waals surface area (Å²) in [6.07, 6.45) is 5.38. The number of allylic oxidation sites excluding steroid dienone is 2. The lowest BCUT2D eigenvalue weighted by atomic mass is 9.65. The Hall–Kier alpha value is -0.560. The molecule has 1 unspecified atom stereocenters. The van der Waals surface area contributed by atoms with Crippen LogP contribution in [0.25, 0.3) is 0 Å². The third-order valence-corrected chi connectivity index (χ3v) is 9.14. The van der Waals surface area contributed by atoms with E-state index < -0.39 is 5.41 Å². The molecular weight excluding hydrogens is 604 g/mol. The highest BCUT2D eigenvalue weighted by atomic mass is 79.9. The van der Waals surface area contributed by atoms with Gasteiger partial charge in [-0.25, -0.2) is 0 Å². The zero-order valence-corrected chi connectivity index (χ0v) is 21.1. The van der Waals surface area contributed by atoms with Gasteiger partial charge in [0.1, 0.15) is 11.5 Å². The van der Waals surface area contributed by atoms with Gasteiger partial charge in [0.15, 0.2) is 0 Å².